The Labute approximate surface area is 129 Å². The van der Waals surface area contributed by atoms with Crippen molar-refractivity contribution in [2.24, 2.45) is 5.92 Å². The molecule has 0 heterocycles. The predicted molar refractivity (Wildman–Crippen MR) is 81.0 cm³/mol. The lowest BCUT2D eigenvalue weighted by Gasteiger charge is -2.23. The Morgan fingerprint density at radius 3 is 2.45 bits per heavy atom. The molecule has 0 bridgehead atoms. The molecule has 0 atom stereocenters. The Hall–Kier alpha value is -1.70. The number of hydrogen-bond acceptors (Lipinski definition) is 3. The molecular formula is C14H20F2N2O3S. The minimum atomic E-state index is -3.75. The molecule has 1 aromatic rings. The number of amides is 1. The van der Waals surface area contributed by atoms with Crippen LogP contribution in [0.15, 0.2) is 18.2 Å². The SMILES string of the molecule is CC(C)CC(=O)NCCN(c1ccc(F)cc1F)S(C)(=O)=O. The molecule has 0 unspecified atom stereocenters. The molecule has 1 aromatic carbocycles. The first-order chi connectivity index (χ1) is 10.1. The first-order valence-electron chi connectivity index (χ1n) is 6.80. The molecule has 22 heavy (non-hydrogen) atoms. The summed E-state index contributed by atoms with van der Waals surface area (Å²) in [7, 11) is -3.75. The van der Waals surface area contributed by atoms with E-state index in [1.165, 1.54) is 0 Å². The van der Waals surface area contributed by atoms with E-state index in [9.17, 15) is 22.0 Å². The summed E-state index contributed by atoms with van der Waals surface area (Å²) in [6.07, 6.45) is 1.25. The fourth-order valence-electron chi connectivity index (χ4n) is 1.89. The van der Waals surface area contributed by atoms with Crippen LogP contribution in [-0.4, -0.2) is 33.7 Å². The van der Waals surface area contributed by atoms with E-state index in [2.05, 4.69) is 5.32 Å². The second-order valence-electron chi connectivity index (χ2n) is 5.38. The molecule has 0 fully saturated rings. The van der Waals surface area contributed by atoms with Crippen LogP contribution in [0.5, 0.6) is 0 Å². The summed E-state index contributed by atoms with van der Waals surface area (Å²) in [5.74, 6) is -1.79. The van der Waals surface area contributed by atoms with E-state index in [0.29, 0.717) is 12.5 Å². The topological polar surface area (TPSA) is 66.5 Å². The summed E-state index contributed by atoms with van der Waals surface area (Å²) in [6.45, 7) is 3.67. The van der Waals surface area contributed by atoms with Crippen molar-refractivity contribution in [3.05, 3.63) is 29.8 Å². The molecule has 0 aliphatic rings. The number of nitrogens with zero attached hydrogens (tertiary/aromatic N) is 1. The molecule has 0 aromatic heterocycles. The average Bonchev–Trinajstić information content (AvgIpc) is 2.33. The molecule has 1 rings (SSSR count). The number of anilines is 1. The normalized spacial score (nSPS) is 11.5. The maximum absolute atomic E-state index is 13.8. The molecule has 0 aliphatic heterocycles. The minimum absolute atomic E-state index is 0.0371. The Balaban J connectivity index is 2.81. The number of carbonyl (C=O) groups excluding carboxylic acids is 1. The molecule has 0 radical (unpaired) electrons. The third-order valence-corrected chi connectivity index (χ3v) is 3.99. The quantitative estimate of drug-likeness (QED) is 0.828. The van der Waals surface area contributed by atoms with Gasteiger partial charge < -0.3 is 5.32 Å². The van der Waals surface area contributed by atoms with Crippen LogP contribution in [0.2, 0.25) is 0 Å². The second kappa shape index (κ2) is 7.53. The van der Waals surface area contributed by atoms with Gasteiger partial charge in [-0.25, -0.2) is 17.2 Å². The van der Waals surface area contributed by atoms with Crippen molar-refractivity contribution in [2.45, 2.75) is 20.3 Å². The highest BCUT2D eigenvalue weighted by Gasteiger charge is 2.21. The minimum Gasteiger partial charge on any atom is -0.354 e. The third-order valence-electron chi connectivity index (χ3n) is 2.81. The summed E-state index contributed by atoms with van der Waals surface area (Å²) in [5, 5.41) is 2.58. The van der Waals surface area contributed by atoms with Crippen LogP contribution in [0.25, 0.3) is 0 Å². The van der Waals surface area contributed by atoms with Gasteiger partial charge in [-0.1, -0.05) is 13.8 Å². The largest absolute Gasteiger partial charge is 0.354 e. The van der Waals surface area contributed by atoms with Crippen molar-refractivity contribution >= 4 is 21.6 Å². The lowest BCUT2D eigenvalue weighted by molar-refractivity contribution is -0.121. The van der Waals surface area contributed by atoms with Gasteiger partial charge in [-0.2, -0.15) is 0 Å². The Kier molecular flexibility index (Phi) is 6.28. The third kappa shape index (κ3) is 5.59. The maximum Gasteiger partial charge on any atom is 0.232 e. The second-order valence-corrected chi connectivity index (χ2v) is 7.29. The molecule has 8 heteroatoms. The molecule has 1 N–H and O–H groups in total. The summed E-state index contributed by atoms with van der Waals surface area (Å²) in [4.78, 5) is 11.5. The monoisotopic (exact) mass is 334 g/mol. The summed E-state index contributed by atoms with van der Waals surface area (Å²) < 4.78 is 51.0. The first kappa shape index (κ1) is 18.3. The van der Waals surface area contributed by atoms with Crippen molar-refractivity contribution in [3.63, 3.8) is 0 Å². The lowest BCUT2D eigenvalue weighted by atomic mass is 10.1. The molecule has 124 valence electrons. The molecule has 0 saturated heterocycles. The Morgan fingerprint density at radius 1 is 1.32 bits per heavy atom. The Morgan fingerprint density at radius 2 is 1.95 bits per heavy atom. The van der Waals surface area contributed by atoms with Gasteiger partial charge in [0.1, 0.15) is 11.6 Å². The van der Waals surface area contributed by atoms with Crippen LogP contribution in [-0.2, 0) is 14.8 Å². The van der Waals surface area contributed by atoms with E-state index in [1.54, 1.807) is 0 Å². The van der Waals surface area contributed by atoms with Crippen molar-refractivity contribution < 1.29 is 22.0 Å². The zero-order chi connectivity index (χ0) is 16.9. The predicted octanol–water partition coefficient (Wildman–Crippen LogP) is 1.89. The van der Waals surface area contributed by atoms with E-state index in [4.69, 9.17) is 0 Å². The van der Waals surface area contributed by atoms with Crippen LogP contribution in [0.4, 0.5) is 14.5 Å². The standard InChI is InChI=1S/C14H20F2N2O3S/c1-10(2)8-14(19)17-6-7-18(22(3,20)21)13-5-4-11(15)9-12(13)16/h4-5,9-10H,6-8H2,1-3H3,(H,17,19). The van der Waals surface area contributed by atoms with E-state index >= 15 is 0 Å². The van der Waals surface area contributed by atoms with Gasteiger partial charge in [-0.05, 0) is 18.1 Å². The van der Waals surface area contributed by atoms with E-state index in [0.717, 1.165) is 22.7 Å². The molecule has 1 amide bonds. The van der Waals surface area contributed by atoms with E-state index < -0.39 is 21.7 Å². The van der Waals surface area contributed by atoms with E-state index in [1.807, 2.05) is 13.8 Å². The molecular weight excluding hydrogens is 314 g/mol. The van der Waals surface area contributed by atoms with Crippen molar-refractivity contribution in [3.8, 4) is 0 Å². The zero-order valence-corrected chi connectivity index (χ0v) is 13.6. The fraction of sp³-hybridized carbons (Fsp3) is 0.500. The van der Waals surface area contributed by atoms with E-state index in [-0.39, 0.29) is 30.6 Å². The van der Waals surface area contributed by atoms with Crippen molar-refractivity contribution in [1.29, 1.82) is 0 Å². The highest BCUT2D eigenvalue weighted by atomic mass is 32.2. The molecule has 0 aliphatic carbocycles. The van der Waals surface area contributed by atoms with Crippen LogP contribution in [0, 0.1) is 17.6 Å². The number of benzene rings is 1. The lowest BCUT2D eigenvalue weighted by Crippen LogP contribution is -2.38. The Bertz CT molecular complexity index is 633. The number of nitrogens with one attached hydrogen (secondary N) is 1. The highest BCUT2D eigenvalue weighted by Crippen LogP contribution is 2.22. The fourth-order valence-corrected chi connectivity index (χ4v) is 2.82. The van der Waals surface area contributed by atoms with Crippen LogP contribution >= 0.6 is 0 Å². The molecule has 0 saturated carbocycles. The zero-order valence-electron chi connectivity index (χ0n) is 12.8. The smallest absolute Gasteiger partial charge is 0.232 e. The van der Waals surface area contributed by atoms with Gasteiger partial charge in [0.15, 0.2) is 0 Å². The van der Waals surface area contributed by atoms with Gasteiger partial charge in [0, 0.05) is 19.0 Å². The number of hydrogen-bond donors (Lipinski definition) is 1. The molecule has 0 spiro atoms. The van der Waals surface area contributed by atoms with Gasteiger partial charge in [0.05, 0.1) is 18.5 Å². The summed E-state index contributed by atoms with van der Waals surface area (Å²) >= 11 is 0. The van der Waals surface area contributed by atoms with Crippen LogP contribution in [0.1, 0.15) is 20.3 Å². The first-order valence-corrected chi connectivity index (χ1v) is 8.65. The number of carbonyl (C=O) groups is 1. The number of rotatable bonds is 7. The number of halogens is 2. The summed E-state index contributed by atoms with van der Waals surface area (Å²) in [5.41, 5.74) is -0.248. The molecule has 5 nitrogen and oxygen atoms in total. The van der Waals surface area contributed by atoms with Crippen molar-refractivity contribution in [1.82, 2.24) is 5.32 Å². The highest BCUT2D eigenvalue weighted by molar-refractivity contribution is 7.92. The number of sulfonamides is 1. The van der Waals surface area contributed by atoms with Gasteiger partial charge in [0.25, 0.3) is 0 Å². The van der Waals surface area contributed by atoms with Gasteiger partial charge in [0.2, 0.25) is 15.9 Å². The maximum atomic E-state index is 13.8. The van der Waals surface area contributed by atoms with Crippen LogP contribution < -0.4 is 9.62 Å². The van der Waals surface area contributed by atoms with Crippen LogP contribution in [0.3, 0.4) is 0 Å². The summed E-state index contributed by atoms with van der Waals surface area (Å²) in [6, 6.07) is 2.65. The van der Waals surface area contributed by atoms with Gasteiger partial charge in [-0.15, -0.1) is 0 Å². The van der Waals surface area contributed by atoms with Gasteiger partial charge >= 0.3 is 0 Å². The van der Waals surface area contributed by atoms with Gasteiger partial charge in [-0.3, -0.25) is 9.10 Å². The van der Waals surface area contributed by atoms with Crippen molar-refractivity contribution in [2.75, 3.05) is 23.7 Å². The average molecular weight is 334 g/mol.